The molecule has 2 aliphatic heterocycles. The van der Waals surface area contributed by atoms with Crippen molar-refractivity contribution in [1.29, 1.82) is 0 Å². The Morgan fingerprint density at radius 3 is 2.58 bits per heavy atom. The molecule has 0 saturated carbocycles. The average Bonchev–Trinajstić information content (AvgIpc) is 3.49. The molecule has 4 aromatic heterocycles. The molecule has 2 amide bonds. The van der Waals surface area contributed by atoms with Crippen LogP contribution in [0.3, 0.4) is 0 Å². The maximum atomic E-state index is 14.2. The zero-order valence-electron chi connectivity index (χ0n) is 26.9. The Balaban J connectivity index is 1.27. The number of amides is 2. The van der Waals surface area contributed by atoms with Gasteiger partial charge in [0.2, 0.25) is 0 Å². The van der Waals surface area contributed by atoms with Gasteiger partial charge < -0.3 is 29.2 Å². The molecule has 0 bridgehead atoms. The lowest BCUT2D eigenvalue weighted by molar-refractivity contribution is -0.142. The Morgan fingerprint density at radius 2 is 1.81 bits per heavy atom. The number of nitrogens with one attached hydrogen (secondary N) is 1. The number of anilines is 3. The van der Waals surface area contributed by atoms with Gasteiger partial charge in [-0.05, 0) is 55.5 Å². The molecule has 14 nitrogen and oxygen atoms in total. The zero-order chi connectivity index (χ0) is 33.4. The molecule has 0 spiro atoms. The first-order valence-corrected chi connectivity index (χ1v) is 16.1. The van der Waals surface area contributed by atoms with E-state index in [1.807, 2.05) is 6.07 Å². The molecule has 4 aromatic rings. The van der Waals surface area contributed by atoms with Crippen molar-refractivity contribution >= 4 is 35.0 Å². The molecule has 248 valence electrons. The molecule has 0 radical (unpaired) electrons. The van der Waals surface area contributed by atoms with E-state index in [0.717, 1.165) is 25.7 Å². The van der Waals surface area contributed by atoms with Gasteiger partial charge in [0.05, 0.1) is 30.2 Å². The number of carbonyl (C=O) groups excluding carboxylic acids is 3. The van der Waals surface area contributed by atoms with Crippen molar-refractivity contribution in [2.24, 2.45) is 7.05 Å². The van der Waals surface area contributed by atoms with E-state index < -0.39 is 5.97 Å². The van der Waals surface area contributed by atoms with E-state index >= 15 is 0 Å². The summed E-state index contributed by atoms with van der Waals surface area (Å²) in [5.74, 6) is -0.411. The van der Waals surface area contributed by atoms with Gasteiger partial charge in [0.1, 0.15) is 29.5 Å². The number of aryl methyl sites for hydroxylation is 2. The number of hydrogen-bond acceptors (Lipinski definition) is 10. The molecule has 1 aliphatic carbocycles. The van der Waals surface area contributed by atoms with Crippen molar-refractivity contribution in [3.63, 3.8) is 0 Å². The summed E-state index contributed by atoms with van der Waals surface area (Å²) in [6.45, 7) is 4.15. The zero-order valence-corrected chi connectivity index (χ0v) is 26.9. The average molecular weight is 653 g/mol. The molecule has 3 aliphatic rings. The first kappa shape index (κ1) is 31.2. The van der Waals surface area contributed by atoms with Crippen molar-refractivity contribution in [3.8, 4) is 11.3 Å². The Bertz CT molecular complexity index is 1960. The summed E-state index contributed by atoms with van der Waals surface area (Å²) in [5, 5.41) is 7.82. The number of nitrogens with zero attached hydrogens (tertiary/aromatic N) is 7. The van der Waals surface area contributed by atoms with E-state index in [1.165, 1.54) is 35.1 Å². The topological polar surface area (TPSA) is 154 Å². The molecule has 1 fully saturated rings. The number of morpholine rings is 1. The summed E-state index contributed by atoms with van der Waals surface area (Å²) in [5.41, 5.74) is 5.18. The highest BCUT2D eigenvalue weighted by molar-refractivity contribution is 6.09. The molecule has 1 saturated heterocycles. The second-order valence-electron chi connectivity index (χ2n) is 12.1. The van der Waals surface area contributed by atoms with Crippen LogP contribution in [-0.2, 0) is 47.3 Å². The van der Waals surface area contributed by atoms with Gasteiger partial charge in [0, 0.05) is 69.9 Å². The monoisotopic (exact) mass is 652 g/mol. The molecule has 14 heteroatoms. The molecule has 6 heterocycles. The van der Waals surface area contributed by atoms with E-state index in [9.17, 15) is 19.2 Å². The van der Waals surface area contributed by atoms with Crippen LogP contribution >= 0.6 is 0 Å². The van der Waals surface area contributed by atoms with Crippen LogP contribution in [0, 0.1) is 0 Å². The first-order valence-electron chi connectivity index (χ1n) is 16.1. The summed E-state index contributed by atoms with van der Waals surface area (Å²) in [7, 11) is 1.55. The van der Waals surface area contributed by atoms with Gasteiger partial charge in [-0.2, -0.15) is 5.10 Å². The van der Waals surface area contributed by atoms with Crippen LogP contribution in [0.15, 0.2) is 47.5 Å². The van der Waals surface area contributed by atoms with Crippen LogP contribution in [-0.4, -0.2) is 79.8 Å². The lowest BCUT2D eigenvalue weighted by Gasteiger charge is -2.32. The first-order chi connectivity index (χ1) is 23.3. The van der Waals surface area contributed by atoms with Gasteiger partial charge in [-0.1, -0.05) is 0 Å². The fraction of sp³-hybridized carbons (Fsp3) is 0.382. The minimum Gasteiger partial charge on any atom is -0.459 e. The highest BCUT2D eigenvalue weighted by Gasteiger charge is 2.34. The minimum atomic E-state index is -0.483. The Morgan fingerprint density at radius 1 is 1.00 bits per heavy atom. The quantitative estimate of drug-likeness (QED) is 0.295. The second-order valence-corrected chi connectivity index (χ2v) is 12.1. The molecule has 7 rings (SSSR count). The van der Waals surface area contributed by atoms with Gasteiger partial charge in [-0.25, -0.2) is 9.67 Å². The Labute approximate surface area is 276 Å². The van der Waals surface area contributed by atoms with Crippen LogP contribution in [0.2, 0.25) is 0 Å². The maximum Gasteiger partial charge on any atom is 0.303 e. The van der Waals surface area contributed by atoms with Gasteiger partial charge in [0.25, 0.3) is 17.4 Å². The predicted octanol–water partition coefficient (Wildman–Crippen LogP) is 2.86. The van der Waals surface area contributed by atoms with Crippen LogP contribution in [0.25, 0.3) is 11.3 Å². The number of aromatic nitrogens is 5. The third-order valence-corrected chi connectivity index (χ3v) is 9.02. The van der Waals surface area contributed by atoms with Gasteiger partial charge in [0.15, 0.2) is 0 Å². The summed E-state index contributed by atoms with van der Waals surface area (Å²) >= 11 is 0. The molecule has 1 N–H and O–H groups in total. The molecule has 48 heavy (non-hydrogen) atoms. The number of pyridine rings is 2. The molecule has 0 atom stereocenters. The Hall–Kier alpha value is -5.37. The fourth-order valence-electron chi connectivity index (χ4n) is 6.63. The molecular formula is C34H36N8O6. The number of carbonyl (C=O) groups is 3. The molecular weight excluding hydrogens is 616 g/mol. The number of fused-ring (bicyclic) bond motifs is 3. The van der Waals surface area contributed by atoms with E-state index in [4.69, 9.17) is 9.47 Å². The van der Waals surface area contributed by atoms with Gasteiger partial charge >= 0.3 is 5.97 Å². The van der Waals surface area contributed by atoms with Crippen LogP contribution in [0.4, 0.5) is 17.2 Å². The highest BCUT2D eigenvalue weighted by atomic mass is 16.5. The fourth-order valence-corrected chi connectivity index (χ4v) is 6.63. The van der Waals surface area contributed by atoms with E-state index in [2.05, 4.69) is 25.0 Å². The number of hydrogen-bond donors (Lipinski definition) is 1. The van der Waals surface area contributed by atoms with Crippen molar-refractivity contribution in [2.45, 2.75) is 45.8 Å². The highest BCUT2D eigenvalue weighted by Crippen LogP contribution is 2.39. The van der Waals surface area contributed by atoms with Crippen molar-refractivity contribution in [3.05, 3.63) is 81.3 Å². The van der Waals surface area contributed by atoms with Crippen LogP contribution in [0.1, 0.15) is 57.6 Å². The predicted molar refractivity (Wildman–Crippen MR) is 175 cm³/mol. The van der Waals surface area contributed by atoms with E-state index in [-0.39, 0.29) is 24.0 Å². The third kappa shape index (κ3) is 5.94. The lowest BCUT2D eigenvalue weighted by atomic mass is 9.98. The van der Waals surface area contributed by atoms with Crippen molar-refractivity contribution < 1.29 is 23.9 Å². The number of ether oxygens (including phenoxy) is 2. The van der Waals surface area contributed by atoms with Crippen molar-refractivity contribution in [2.75, 3.05) is 43.1 Å². The lowest BCUT2D eigenvalue weighted by Crippen LogP contribution is -2.41. The number of esters is 1. The van der Waals surface area contributed by atoms with Crippen LogP contribution in [0.5, 0.6) is 0 Å². The largest absolute Gasteiger partial charge is 0.459 e. The summed E-state index contributed by atoms with van der Waals surface area (Å²) in [6, 6.07) is 8.48. The smallest absolute Gasteiger partial charge is 0.303 e. The summed E-state index contributed by atoms with van der Waals surface area (Å²) < 4.78 is 14.1. The normalized spacial score (nSPS) is 15.9. The van der Waals surface area contributed by atoms with Gasteiger partial charge in [-0.15, -0.1) is 0 Å². The minimum absolute atomic E-state index is 0.131. The molecule has 0 aromatic carbocycles. The van der Waals surface area contributed by atoms with Crippen LogP contribution < -0.4 is 15.8 Å². The summed E-state index contributed by atoms with van der Waals surface area (Å²) in [4.78, 5) is 64.3. The third-order valence-electron chi connectivity index (χ3n) is 9.02. The Kier molecular flexibility index (Phi) is 8.48. The standard InChI is InChI=1S/C34H36N8O6/c1-21(43)48-20-26-32(42-12-11-41-27-6-4-3-5-22(27)17-28(41)34(42)46)24(9-10-35-26)31-25(18-30(44)39(2)38-31)37-29-8-7-23(19-36-29)33(45)40-13-15-47-16-14-40/h7-10,17-19H,3-6,11-16,20H2,1-2H3,(H,36,37). The maximum absolute atomic E-state index is 14.2. The second kappa shape index (κ2) is 13.0. The van der Waals surface area contributed by atoms with Gasteiger partial charge in [-0.3, -0.25) is 24.2 Å². The number of rotatable bonds is 7. The van der Waals surface area contributed by atoms with E-state index in [0.29, 0.717) is 84.8 Å². The molecule has 0 unspecified atom stereocenters. The van der Waals surface area contributed by atoms with E-state index in [1.54, 1.807) is 41.2 Å². The SMILES string of the molecule is CC(=O)OCc1nccc(-c2nn(C)c(=O)cc2Nc2ccc(C(=O)N3CCOCC3)cn2)c1N1CCn2c(cc3c2CCCC3)C1=O. The summed E-state index contributed by atoms with van der Waals surface area (Å²) in [6.07, 6.45) is 7.16. The van der Waals surface area contributed by atoms with Crippen molar-refractivity contribution in [1.82, 2.24) is 29.2 Å².